The summed E-state index contributed by atoms with van der Waals surface area (Å²) in [7, 11) is 0. The monoisotopic (exact) mass is 278 g/mol. The van der Waals surface area contributed by atoms with Crippen molar-refractivity contribution in [3.05, 3.63) is 77.7 Å². The standard InChI is InChI=1S/C17H14N2O2/c1-2-11-18-14-10-6-7-12-19(14)17(21)15(16(18)20)13-8-4-3-5-9-13/h2-10,12H,1,11H2. The Morgan fingerprint density at radius 1 is 1.14 bits per heavy atom. The zero-order valence-corrected chi connectivity index (χ0v) is 11.4. The van der Waals surface area contributed by atoms with Gasteiger partial charge in [-0.3, -0.25) is 0 Å². The first kappa shape index (κ1) is 13.1. The van der Waals surface area contributed by atoms with Crippen molar-refractivity contribution in [2.45, 2.75) is 6.54 Å². The first-order chi connectivity index (χ1) is 10.2. The average Bonchev–Trinajstić information content (AvgIpc) is 2.53. The molecule has 0 fully saturated rings. The van der Waals surface area contributed by atoms with Gasteiger partial charge in [-0.1, -0.05) is 49.1 Å². The first-order valence-electron chi connectivity index (χ1n) is 6.64. The van der Waals surface area contributed by atoms with Crippen molar-refractivity contribution >= 4 is 5.65 Å². The molecule has 0 aliphatic carbocycles. The lowest BCUT2D eigenvalue weighted by atomic mass is 10.1. The second-order valence-electron chi connectivity index (χ2n) is 4.68. The van der Waals surface area contributed by atoms with Crippen LogP contribution in [0.2, 0.25) is 0 Å². The molecule has 0 atom stereocenters. The third-order valence-electron chi connectivity index (χ3n) is 3.38. The van der Waals surface area contributed by atoms with Gasteiger partial charge in [-0.15, -0.1) is 0 Å². The lowest BCUT2D eigenvalue weighted by Gasteiger charge is -2.15. The topological polar surface area (TPSA) is 48.4 Å². The van der Waals surface area contributed by atoms with Crippen LogP contribution in [0.25, 0.3) is 16.8 Å². The molecular formula is C17H14N2O2. The molecule has 104 valence electrons. The maximum atomic E-state index is 12.7. The van der Waals surface area contributed by atoms with Crippen molar-refractivity contribution in [2.24, 2.45) is 0 Å². The van der Waals surface area contributed by atoms with E-state index in [1.807, 2.05) is 18.2 Å². The Labute approximate surface area is 121 Å². The number of allylic oxidation sites excluding steroid dienone is 1. The van der Waals surface area contributed by atoms with Crippen molar-refractivity contribution in [1.82, 2.24) is 4.40 Å². The molecule has 0 aliphatic rings. The smallest absolute Gasteiger partial charge is 0.349 e. The van der Waals surface area contributed by atoms with E-state index in [0.717, 1.165) is 0 Å². The molecule has 0 saturated carbocycles. The van der Waals surface area contributed by atoms with Crippen LogP contribution in [-0.4, -0.2) is 4.40 Å². The SMILES string of the molecule is C=CC[n+]1c([O-])c(-c2ccccc2)c(=O)n2ccccc21. The molecular weight excluding hydrogens is 264 g/mol. The van der Waals surface area contributed by atoms with Crippen LogP contribution in [-0.2, 0) is 6.54 Å². The zero-order chi connectivity index (χ0) is 14.8. The first-order valence-corrected chi connectivity index (χ1v) is 6.64. The molecule has 0 bridgehead atoms. The molecule has 0 radical (unpaired) electrons. The number of nitrogens with zero attached hydrogens (tertiary/aromatic N) is 2. The number of hydrogen-bond acceptors (Lipinski definition) is 2. The summed E-state index contributed by atoms with van der Waals surface area (Å²) in [5, 5.41) is 12.7. The van der Waals surface area contributed by atoms with Gasteiger partial charge in [0.2, 0.25) is 0 Å². The highest BCUT2D eigenvalue weighted by atomic mass is 16.3. The third-order valence-corrected chi connectivity index (χ3v) is 3.38. The molecule has 3 rings (SSSR count). The van der Waals surface area contributed by atoms with Crippen LogP contribution < -0.4 is 15.2 Å². The maximum Gasteiger partial charge on any atom is 0.349 e. The predicted molar refractivity (Wildman–Crippen MR) is 78.9 cm³/mol. The predicted octanol–water partition coefficient (Wildman–Crippen LogP) is 1.51. The Balaban J connectivity index is 2.46. The summed E-state index contributed by atoms with van der Waals surface area (Å²) >= 11 is 0. The zero-order valence-electron chi connectivity index (χ0n) is 11.4. The largest absolute Gasteiger partial charge is 0.842 e. The van der Waals surface area contributed by atoms with Crippen LogP contribution in [0.3, 0.4) is 0 Å². The van der Waals surface area contributed by atoms with Gasteiger partial charge >= 0.3 is 5.56 Å². The van der Waals surface area contributed by atoms with Crippen molar-refractivity contribution in [3.63, 3.8) is 0 Å². The summed E-state index contributed by atoms with van der Waals surface area (Å²) in [6, 6.07) is 14.3. The number of rotatable bonds is 3. The highest BCUT2D eigenvalue weighted by Gasteiger charge is 2.18. The minimum absolute atomic E-state index is 0.182. The molecule has 4 heteroatoms. The van der Waals surface area contributed by atoms with Crippen LogP contribution in [0.15, 0.2) is 72.2 Å². The molecule has 21 heavy (non-hydrogen) atoms. The second-order valence-corrected chi connectivity index (χ2v) is 4.68. The maximum absolute atomic E-state index is 12.7. The molecule has 4 nitrogen and oxygen atoms in total. The minimum atomic E-state index is -0.304. The summed E-state index contributed by atoms with van der Waals surface area (Å²) in [5.74, 6) is -0.294. The van der Waals surface area contributed by atoms with E-state index < -0.39 is 0 Å². The third kappa shape index (κ3) is 2.10. The summed E-state index contributed by atoms with van der Waals surface area (Å²) in [6.07, 6.45) is 3.32. The summed E-state index contributed by atoms with van der Waals surface area (Å²) in [6.45, 7) is 4.04. The van der Waals surface area contributed by atoms with Crippen molar-refractivity contribution in [3.8, 4) is 17.0 Å². The Morgan fingerprint density at radius 3 is 2.57 bits per heavy atom. The Hall–Kier alpha value is -2.88. The van der Waals surface area contributed by atoms with Crippen LogP contribution in [0.4, 0.5) is 0 Å². The van der Waals surface area contributed by atoms with Crippen LogP contribution in [0.5, 0.6) is 5.88 Å². The Kier molecular flexibility index (Phi) is 3.28. The molecule has 0 spiro atoms. The number of benzene rings is 1. The molecule has 2 heterocycles. The number of fused-ring (bicyclic) bond motifs is 1. The van der Waals surface area contributed by atoms with Gasteiger partial charge in [0.05, 0.1) is 12.1 Å². The van der Waals surface area contributed by atoms with E-state index in [-0.39, 0.29) is 17.0 Å². The highest BCUT2D eigenvalue weighted by Crippen LogP contribution is 2.20. The highest BCUT2D eigenvalue weighted by molar-refractivity contribution is 5.66. The lowest BCUT2D eigenvalue weighted by molar-refractivity contribution is -0.707. The fraction of sp³-hybridized carbons (Fsp3) is 0.0588. The molecule has 0 saturated heterocycles. The van der Waals surface area contributed by atoms with Gasteiger partial charge < -0.3 is 5.11 Å². The van der Waals surface area contributed by atoms with E-state index in [2.05, 4.69) is 6.58 Å². The molecule has 1 aromatic carbocycles. The Bertz CT molecular complexity index is 867. The summed E-state index contributed by atoms with van der Waals surface area (Å²) in [4.78, 5) is 12.6. The number of pyridine rings is 1. The Morgan fingerprint density at radius 2 is 1.86 bits per heavy atom. The quantitative estimate of drug-likeness (QED) is 0.538. The van der Waals surface area contributed by atoms with Crippen molar-refractivity contribution in [1.29, 1.82) is 0 Å². The van der Waals surface area contributed by atoms with Gasteiger partial charge in [0.15, 0.2) is 0 Å². The van der Waals surface area contributed by atoms with Crippen LogP contribution in [0.1, 0.15) is 0 Å². The van der Waals surface area contributed by atoms with E-state index >= 15 is 0 Å². The summed E-state index contributed by atoms with van der Waals surface area (Å²) < 4.78 is 3.05. The summed E-state index contributed by atoms with van der Waals surface area (Å²) in [5.41, 5.74) is 1.07. The van der Waals surface area contributed by atoms with Gasteiger partial charge in [0.1, 0.15) is 12.1 Å². The van der Waals surface area contributed by atoms with E-state index in [9.17, 15) is 9.90 Å². The lowest BCUT2D eigenvalue weighted by Crippen LogP contribution is -2.43. The van der Waals surface area contributed by atoms with Crippen LogP contribution in [0, 0.1) is 0 Å². The molecule has 0 unspecified atom stereocenters. The van der Waals surface area contributed by atoms with Crippen LogP contribution >= 0.6 is 0 Å². The minimum Gasteiger partial charge on any atom is -0.842 e. The number of aromatic nitrogens is 2. The van der Waals surface area contributed by atoms with E-state index in [1.54, 1.807) is 47.2 Å². The second kappa shape index (κ2) is 5.25. The van der Waals surface area contributed by atoms with Gasteiger partial charge in [-0.25, -0.2) is 9.36 Å². The van der Waals surface area contributed by atoms with E-state index in [1.165, 1.54) is 4.40 Å². The van der Waals surface area contributed by atoms with Gasteiger partial charge in [-0.2, -0.15) is 4.40 Å². The van der Waals surface area contributed by atoms with E-state index in [0.29, 0.717) is 17.8 Å². The van der Waals surface area contributed by atoms with Gasteiger partial charge in [0, 0.05) is 6.07 Å². The molecule has 0 amide bonds. The fourth-order valence-corrected chi connectivity index (χ4v) is 2.43. The number of hydrogen-bond donors (Lipinski definition) is 0. The molecule has 0 aliphatic heterocycles. The molecule has 3 aromatic rings. The van der Waals surface area contributed by atoms with Crippen molar-refractivity contribution < 1.29 is 9.67 Å². The normalized spacial score (nSPS) is 10.7. The van der Waals surface area contributed by atoms with Crippen molar-refractivity contribution in [2.75, 3.05) is 0 Å². The average molecular weight is 278 g/mol. The van der Waals surface area contributed by atoms with Gasteiger partial charge in [-0.05, 0) is 11.6 Å². The molecule has 0 N–H and O–H groups in total. The van der Waals surface area contributed by atoms with E-state index in [4.69, 9.17) is 0 Å². The van der Waals surface area contributed by atoms with Gasteiger partial charge in [0.25, 0.3) is 5.65 Å². The fourth-order valence-electron chi connectivity index (χ4n) is 2.43. The molecule has 2 aromatic heterocycles.